The summed E-state index contributed by atoms with van der Waals surface area (Å²) in [4.78, 5) is 9.72. The fourth-order valence-electron chi connectivity index (χ4n) is 5.29. The highest BCUT2D eigenvalue weighted by Crippen LogP contribution is 2.42. The molecule has 0 N–H and O–H groups in total. The van der Waals surface area contributed by atoms with E-state index in [-0.39, 0.29) is 0 Å². The van der Waals surface area contributed by atoms with Crippen LogP contribution in [0.25, 0.3) is 60.3 Å². The monoisotopic (exact) mass is 409 g/mol. The number of hydrogen-bond donors (Lipinski definition) is 0. The number of pyridine rings is 1. The maximum absolute atomic E-state index is 4.88. The molecule has 0 saturated carbocycles. The van der Waals surface area contributed by atoms with Crippen molar-refractivity contribution in [2.45, 2.75) is 6.92 Å². The van der Waals surface area contributed by atoms with E-state index in [0.29, 0.717) is 0 Å². The zero-order valence-electron chi connectivity index (χ0n) is 17.6. The van der Waals surface area contributed by atoms with Crippen LogP contribution in [0.15, 0.2) is 97.3 Å². The van der Waals surface area contributed by atoms with Crippen LogP contribution in [-0.2, 0) is 0 Å². The van der Waals surface area contributed by atoms with Crippen molar-refractivity contribution in [3.8, 4) is 11.3 Å². The van der Waals surface area contributed by atoms with Gasteiger partial charge in [0.25, 0.3) is 0 Å². The van der Waals surface area contributed by atoms with Crippen LogP contribution in [0, 0.1) is 6.92 Å². The fourth-order valence-corrected chi connectivity index (χ4v) is 5.29. The van der Waals surface area contributed by atoms with Crippen molar-refractivity contribution in [1.29, 1.82) is 0 Å². The minimum atomic E-state index is 0.891. The van der Waals surface area contributed by atoms with Crippen LogP contribution in [0.2, 0.25) is 0 Å². The van der Waals surface area contributed by atoms with E-state index in [2.05, 4.69) is 96.3 Å². The number of benzene rings is 4. The molecule has 0 spiro atoms. The molecule has 3 nitrogen and oxygen atoms in total. The van der Waals surface area contributed by atoms with Crippen molar-refractivity contribution >= 4 is 49.0 Å². The normalized spacial score (nSPS) is 11.9. The Balaban J connectivity index is 1.88. The average molecular weight is 409 g/mol. The number of nitrogens with zero attached hydrogens (tertiary/aromatic N) is 3. The van der Waals surface area contributed by atoms with Gasteiger partial charge in [0.2, 0.25) is 0 Å². The lowest BCUT2D eigenvalue weighted by molar-refractivity contribution is 1.18. The lowest BCUT2D eigenvalue weighted by Gasteiger charge is -2.16. The van der Waals surface area contributed by atoms with Crippen LogP contribution in [0.3, 0.4) is 0 Å². The molecule has 0 bridgehead atoms. The number of aryl methyl sites for hydroxylation is 1. The van der Waals surface area contributed by atoms with Crippen LogP contribution in [0.5, 0.6) is 0 Å². The van der Waals surface area contributed by atoms with Crippen LogP contribution in [-0.4, -0.2) is 14.4 Å². The first-order chi connectivity index (χ1) is 15.8. The van der Waals surface area contributed by atoms with Crippen molar-refractivity contribution in [1.82, 2.24) is 14.4 Å². The highest BCUT2D eigenvalue weighted by Gasteiger charge is 2.21. The van der Waals surface area contributed by atoms with Crippen molar-refractivity contribution in [2.24, 2.45) is 0 Å². The molecule has 150 valence electrons. The second-order valence-electron chi connectivity index (χ2n) is 8.33. The summed E-state index contributed by atoms with van der Waals surface area (Å²) in [6.45, 7) is 2.20. The first-order valence-electron chi connectivity index (χ1n) is 10.9. The third-order valence-electron chi connectivity index (χ3n) is 6.56. The number of rotatable bonds is 1. The Morgan fingerprint density at radius 3 is 1.94 bits per heavy atom. The summed E-state index contributed by atoms with van der Waals surface area (Å²) in [5.41, 5.74) is 6.58. The Morgan fingerprint density at radius 1 is 0.625 bits per heavy atom. The molecule has 3 aromatic heterocycles. The summed E-state index contributed by atoms with van der Waals surface area (Å²) >= 11 is 0. The molecule has 7 aromatic rings. The quantitative estimate of drug-likeness (QED) is 0.266. The van der Waals surface area contributed by atoms with Gasteiger partial charge in [0, 0.05) is 23.2 Å². The molecular weight excluding hydrogens is 390 g/mol. The first-order valence-corrected chi connectivity index (χ1v) is 10.9. The van der Waals surface area contributed by atoms with Crippen molar-refractivity contribution in [2.75, 3.05) is 0 Å². The van der Waals surface area contributed by atoms with Gasteiger partial charge in [-0.1, -0.05) is 78.9 Å². The summed E-state index contributed by atoms with van der Waals surface area (Å²) in [5.74, 6) is 0. The molecule has 0 atom stereocenters. The summed E-state index contributed by atoms with van der Waals surface area (Å²) < 4.78 is 2.30. The number of hydrogen-bond acceptors (Lipinski definition) is 2. The van der Waals surface area contributed by atoms with Gasteiger partial charge in [0.05, 0.1) is 11.2 Å². The Bertz CT molecular complexity index is 1830. The first kappa shape index (κ1) is 17.4. The molecule has 3 heterocycles. The Labute approximate surface area is 184 Å². The maximum Gasteiger partial charge on any atom is 0.164 e. The molecule has 0 aliphatic carbocycles. The highest BCUT2D eigenvalue weighted by atomic mass is 15.0. The minimum absolute atomic E-state index is 0.891. The minimum Gasteiger partial charge on any atom is -0.292 e. The maximum atomic E-state index is 4.88. The predicted octanol–water partition coefficient (Wildman–Crippen LogP) is 7.32. The van der Waals surface area contributed by atoms with Gasteiger partial charge >= 0.3 is 0 Å². The van der Waals surface area contributed by atoms with Crippen molar-refractivity contribution < 1.29 is 0 Å². The summed E-state index contributed by atoms with van der Waals surface area (Å²) in [5, 5.41) is 7.40. The second kappa shape index (κ2) is 6.38. The molecule has 3 heteroatoms. The van der Waals surface area contributed by atoms with Crippen molar-refractivity contribution in [3.63, 3.8) is 0 Å². The standard InChI is InChI=1S/C29H19N3/c1-18-17-24(19-9-3-2-4-10-19)32-28(18)26-23-14-8-6-12-21(23)20-11-5-7-13-22(20)25(26)27-29(32)31-16-15-30-27/h2-17H,1H3. The topological polar surface area (TPSA) is 30.2 Å². The zero-order chi connectivity index (χ0) is 21.2. The van der Waals surface area contributed by atoms with E-state index in [1.165, 1.54) is 49.0 Å². The average Bonchev–Trinajstić information content (AvgIpc) is 3.21. The molecule has 0 unspecified atom stereocenters. The molecule has 0 fully saturated rings. The summed E-state index contributed by atoms with van der Waals surface area (Å²) in [6, 6.07) is 30.2. The SMILES string of the molecule is Cc1cc(-c2ccccc2)n2c3nccnc3c3c4ccccc4c4ccccc4c3c12. The summed E-state index contributed by atoms with van der Waals surface area (Å²) in [7, 11) is 0. The van der Waals surface area contributed by atoms with E-state index >= 15 is 0 Å². The van der Waals surface area contributed by atoms with Gasteiger partial charge in [0.15, 0.2) is 5.65 Å². The van der Waals surface area contributed by atoms with E-state index in [4.69, 9.17) is 9.97 Å². The molecule has 0 radical (unpaired) electrons. The van der Waals surface area contributed by atoms with Crippen LogP contribution < -0.4 is 0 Å². The van der Waals surface area contributed by atoms with Gasteiger partial charge in [-0.3, -0.25) is 9.38 Å². The van der Waals surface area contributed by atoms with E-state index < -0.39 is 0 Å². The smallest absolute Gasteiger partial charge is 0.164 e. The number of fused-ring (bicyclic) bond motifs is 11. The van der Waals surface area contributed by atoms with Crippen LogP contribution >= 0.6 is 0 Å². The van der Waals surface area contributed by atoms with E-state index in [1.807, 2.05) is 0 Å². The largest absolute Gasteiger partial charge is 0.292 e. The lowest BCUT2D eigenvalue weighted by atomic mass is 9.93. The van der Waals surface area contributed by atoms with E-state index in [9.17, 15) is 0 Å². The van der Waals surface area contributed by atoms with Crippen LogP contribution in [0.4, 0.5) is 0 Å². The van der Waals surface area contributed by atoms with Gasteiger partial charge in [-0.05, 0) is 45.7 Å². The molecule has 4 aromatic carbocycles. The Morgan fingerprint density at radius 2 is 1.22 bits per heavy atom. The Hall–Kier alpha value is -4.24. The fraction of sp³-hybridized carbons (Fsp3) is 0.0345. The molecule has 0 amide bonds. The molecule has 0 aliphatic rings. The molecule has 0 aliphatic heterocycles. The molecule has 32 heavy (non-hydrogen) atoms. The van der Waals surface area contributed by atoms with Crippen molar-refractivity contribution in [3.05, 3.63) is 103 Å². The molecular formula is C29H19N3. The number of aromatic nitrogens is 3. The third kappa shape index (κ3) is 2.20. The van der Waals surface area contributed by atoms with E-state index in [0.717, 1.165) is 16.9 Å². The molecule has 7 rings (SSSR count). The van der Waals surface area contributed by atoms with Gasteiger partial charge in [0.1, 0.15) is 5.52 Å². The van der Waals surface area contributed by atoms with E-state index in [1.54, 1.807) is 12.4 Å². The Kier molecular flexibility index (Phi) is 3.48. The zero-order valence-corrected chi connectivity index (χ0v) is 17.6. The van der Waals surface area contributed by atoms with Gasteiger partial charge in [-0.2, -0.15) is 0 Å². The van der Waals surface area contributed by atoms with Crippen LogP contribution in [0.1, 0.15) is 5.56 Å². The highest BCUT2D eigenvalue weighted by molar-refractivity contribution is 6.34. The molecule has 0 saturated heterocycles. The lowest BCUT2D eigenvalue weighted by Crippen LogP contribution is -1.98. The van der Waals surface area contributed by atoms with Gasteiger partial charge in [-0.15, -0.1) is 0 Å². The van der Waals surface area contributed by atoms with Gasteiger partial charge in [-0.25, -0.2) is 4.98 Å². The predicted molar refractivity (Wildman–Crippen MR) is 133 cm³/mol. The summed E-state index contributed by atoms with van der Waals surface area (Å²) in [6.07, 6.45) is 3.59. The van der Waals surface area contributed by atoms with Gasteiger partial charge < -0.3 is 0 Å². The second-order valence-corrected chi connectivity index (χ2v) is 8.33. The third-order valence-corrected chi connectivity index (χ3v) is 6.56.